The van der Waals surface area contributed by atoms with Crippen LogP contribution in [0.15, 0.2) is 121 Å². The summed E-state index contributed by atoms with van der Waals surface area (Å²) in [5.41, 5.74) is 7.78. The Morgan fingerprint density at radius 1 is 0.320 bits per heavy atom. The molecule has 8 aromatic carbocycles. The number of hydrogen-bond acceptors (Lipinski definition) is 0. The molecule has 4 bridgehead atoms. The first-order valence-corrected chi connectivity index (χ1v) is 19.3. The molecule has 0 amide bonds. The van der Waals surface area contributed by atoms with E-state index in [1.54, 1.807) is 22.3 Å². The molecule has 0 aromatic heterocycles. The van der Waals surface area contributed by atoms with Crippen LogP contribution in [0, 0.1) is 34.5 Å². The predicted octanol–water partition coefficient (Wildman–Crippen LogP) is 13.0. The molecular weight excluding hydrogens is 601 g/mol. The summed E-state index contributed by atoms with van der Waals surface area (Å²) < 4.78 is 0. The summed E-state index contributed by atoms with van der Waals surface area (Å²) in [6, 6.07) is 47.7. The van der Waals surface area contributed by atoms with Crippen LogP contribution in [0.25, 0.3) is 64.6 Å². The van der Waals surface area contributed by atoms with Crippen molar-refractivity contribution in [1.29, 1.82) is 0 Å². The lowest BCUT2D eigenvalue weighted by molar-refractivity contribution is -0.348. The van der Waals surface area contributed by atoms with Gasteiger partial charge in [0.05, 0.1) is 0 Å². The van der Waals surface area contributed by atoms with Crippen molar-refractivity contribution in [2.75, 3.05) is 0 Å². The third kappa shape index (κ3) is 2.67. The molecule has 4 saturated carbocycles. The Bertz CT molecular complexity index is 2540. The van der Waals surface area contributed by atoms with Gasteiger partial charge >= 0.3 is 0 Å². The van der Waals surface area contributed by atoms with E-state index in [0.29, 0.717) is 10.8 Å². The topological polar surface area (TPSA) is 0 Å². The van der Waals surface area contributed by atoms with Gasteiger partial charge in [0.15, 0.2) is 0 Å². The lowest BCUT2D eigenvalue weighted by atomic mass is 9.20. The van der Waals surface area contributed by atoms with Gasteiger partial charge in [-0.05, 0) is 206 Å². The summed E-state index contributed by atoms with van der Waals surface area (Å²) in [7, 11) is 0. The number of rotatable bonds is 0. The minimum Gasteiger partial charge on any atom is -0.0616 e. The molecule has 0 N–H and O–H groups in total. The standard InChI is InChI=1S/C50H38/c1-49-45-41-23-43(39-21-35-17-31-13-27-9-5-3-7-25(27)11-29(31)15-33(35)19-37(39)41)47(45)50(49,2)48-44-24-42(46(48)49)38-20-34-16-30-12-26-8-4-6-10-28(26)14-32(30)18-36(34)22-40(38)44/h3-22,41-48H,23-24H2,1-2H3. The highest BCUT2D eigenvalue weighted by molar-refractivity contribution is 6.06. The first-order valence-electron chi connectivity index (χ1n) is 19.3. The summed E-state index contributed by atoms with van der Waals surface area (Å²) >= 11 is 0. The van der Waals surface area contributed by atoms with Gasteiger partial charge in [-0.15, -0.1) is 0 Å². The molecule has 6 aliphatic rings. The molecule has 0 aliphatic heterocycles. The van der Waals surface area contributed by atoms with Gasteiger partial charge < -0.3 is 0 Å². The zero-order chi connectivity index (χ0) is 32.4. The second-order valence-electron chi connectivity index (χ2n) is 18.0. The molecule has 6 aliphatic carbocycles. The molecule has 238 valence electrons. The van der Waals surface area contributed by atoms with Crippen LogP contribution in [0.3, 0.4) is 0 Å². The molecule has 0 saturated heterocycles. The van der Waals surface area contributed by atoms with E-state index in [4.69, 9.17) is 0 Å². The van der Waals surface area contributed by atoms with Crippen LogP contribution < -0.4 is 0 Å². The number of benzene rings is 8. The maximum Gasteiger partial charge on any atom is -0.0116 e. The van der Waals surface area contributed by atoms with Crippen LogP contribution in [-0.4, -0.2) is 0 Å². The fourth-order valence-electron chi connectivity index (χ4n) is 15.1. The summed E-state index contributed by atoms with van der Waals surface area (Å²) in [6.07, 6.45) is 2.78. The highest BCUT2D eigenvalue weighted by atomic mass is 14.9. The van der Waals surface area contributed by atoms with Crippen LogP contribution >= 0.6 is 0 Å². The molecule has 14 rings (SSSR count). The second-order valence-corrected chi connectivity index (χ2v) is 18.0. The normalized spacial score (nSPS) is 35.0. The van der Waals surface area contributed by atoms with E-state index in [0.717, 1.165) is 47.3 Å². The van der Waals surface area contributed by atoms with E-state index >= 15 is 0 Å². The van der Waals surface area contributed by atoms with Crippen molar-refractivity contribution in [3.8, 4) is 0 Å². The Labute approximate surface area is 292 Å². The van der Waals surface area contributed by atoms with Crippen LogP contribution in [0.2, 0.25) is 0 Å². The van der Waals surface area contributed by atoms with Crippen LogP contribution in [0.4, 0.5) is 0 Å². The van der Waals surface area contributed by atoms with Gasteiger partial charge in [-0.2, -0.15) is 0 Å². The predicted molar refractivity (Wildman–Crippen MR) is 208 cm³/mol. The van der Waals surface area contributed by atoms with Crippen molar-refractivity contribution in [3.05, 3.63) is 144 Å². The van der Waals surface area contributed by atoms with E-state index in [-0.39, 0.29) is 0 Å². The lowest BCUT2D eigenvalue weighted by Gasteiger charge is -2.84. The molecule has 0 heteroatoms. The maximum absolute atomic E-state index is 2.77. The Hall–Kier alpha value is -4.68. The van der Waals surface area contributed by atoms with Crippen LogP contribution in [0.1, 0.15) is 72.6 Å². The maximum atomic E-state index is 2.77. The average molecular weight is 639 g/mol. The van der Waals surface area contributed by atoms with Gasteiger partial charge in [0.1, 0.15) is 0 Å². The molecule has 8 aromatic rings. The van der Waals surface area contributed by atoms with E-state index in [2.05, 4.69) is 135 Å². The zero-order valence-electron chi connectivity index (χ0n) is 28.6. The second kappa shape index (κ2) is 8.10. The monoisotopic (exact) mass is 638 g/mol. The minimum atomic E-state index is 0.463. The van der Waals surface area contributed by atoms with Gasteiger partial charge in [0.25, 0.3) is 0 Å². The average Bonchev–Trinajstić information content (AvgIpc) is 3.89. The molecule has 0 heterocycles. The fraction of sp³-hybridized carbons (Fsp3) is 0.280. The van der Waals surface area contributed by atoms with E-state index in [9.17, 15) is 0 Å². The van der Waals surface area contributed by atoms with Gasteiger partial charge in [-0.1, -0.05) is 86.6 Å². The van der Waals surface area contributed by atoms with Crippen LogP contribution in [0.5, 0.6) is 0 Å². The lowest BCUT2D eigenvalue weighted by Crippen LogP contribution is -2.79. The van der Waals surface area contributed by atoms with E-state index < -0.39 is 0 Å². The highest BCUT2D eigenvalue weighted by Gasteiger charge is 2.88. The summed E-state index contributed by atoms with van der Waals surface area (Å²) in [5, 5.41) is 16.6. The van der Waals surface area contributed by atoms with Gasteiger partial charge in [0, 0.05) is 0 Å². The van der Waals surface area contributed by atoms with E-state index in [1.807, 2.05) is 0 Å². The molecule has 8 unspecified atom stereocenters. The van der Waals surface area contributed by atoms with Crippen molar-refractivity contribution in [1.82, 2.24) is 0 Å². The molecule has 0 nitrogen and oxygen atoms in total. The molecule has 8 atom stereocenters. The number of fused-ring (bicyclic) bond motifs is 27. The molecule has 0 radical (unpaired) electrons. The van der Waals surface area contributed by atoms with Gasteiger partial charge in [-0.25, -0.2) is 0 Å². The van der Waals surface area contributed by atoms with Crippen molar-refractivity contribution < 1.29 is 0 Å². The SMILES string of the molecule is CC12C3C4CC(c5cc6cc7cc8ccccc8cc7cc6cc54)C3C1(C)C1C3CC(c4cc5cc6cc7ccccc7cc6cc5cc43)C12. The third-order valence-corrected chi connectivity index (χ3v) is 16.8. The quantitative estimate of drug-likeness (QED) is 0.115. The Kier molecular flexibility index (Phi) is 4.24. The van der Waals surface area contributed by atoms with Crippen molar-refractivity contribution in [2.24, 2.45) is 34.5 Å². The smallest absolute Gasteiger partial charge is 0.0116 e. The van der Waals surface area contributed by atoms with E-state index in [1.165, 1.54) is 77.5 Å². The molecule has 0 spiro atoms. The Morgan fingerprint density at radius 3 is 0.800 bits per heavy atom. The largest absolute Gasteiger partial charge is 0.0616 e. The fourth-order valence-corrected chi connectivity index (χ4v) is 15.1. The zero-order valence-corrected chi connectivity index (χ0v) is 28.6. The third-order valence-electron chi connectivity index (χ3n) is 16.8. The van der Waals surface area contributed by atoms with Crippen molar-refractivity contribution >= 4 is 64.6 Å². The van der Waals surface area contributed by atoms with Gasteiger partial charge in [0.2, 0.25) is 0 Å². The number of hydrogen-bond donors (Lipinski definition) is 0. The summed E-state index contributed by atoms with van der Waals surface area (Å²) in [4.78, 5) is 0. The molecule has 50 heavy (non-hydrogen) atoms. The van der Waals surface area contributed by atoms with Gasteiger partial charge in [-0.3, -0.25) is 0 Å². The minimum absolute atomic E-state index is 0.463. The molecule has 4 fully saturated rings. The first-order chi connectivity index (χ1) is 24.5. The summed E-state index contributed by atoms with van der Waals surface area (Å²) in [5.74, 6) is 6.39. The first kappa shape index (κ1) is 26.2. The van der Waals surface area contributed by atoms with Crippen molar-refractivity contribution in [2.45, 2.75) is 50.4 Å². The molecular formula is C50H38. The Balaban J connectivity index is 0.879. The van der Waals surface area contributed by atoms with Crippen molar-refractivity contribution in [3.63, 3.8) is 0 Å². The highest BCUT2D eigenvalue weighted by Crippen LogP contribution is 2.95. The Morgan fingerprint density at radius 2 is 0.540 bits per heavy atom. The summed E-state index contributed by atoms with van der Waals surface area (Å²) in [6.45, 7) is 5.55. The van der Waals surface area contributed by atoms with Crippen LogP contribution in [-0.2, 0) is 0 Å².